The van der Waals surface area contributed by atoms with Crippen molar-refractivity contribution >= 4 is 10.0 Å². The molecule has 1 aromatic heterocycles. The molecule has 2 rings (SSSR count). The number of aryl methyl sites for hydroxylation is 1. The second-order valence-corrected chi connectivity index (χ2v) is 5.86. The molecule has 0 spiro atoms. The zero-order valence-corrected chi connectivity index (χ0v) is 11.7. The molecule has 0 fully saturated rings. The average molecular weight is 297 g/mol. The van der Waals surface area contributed by atoms with Crippen molar-refractivity contribution < 1.29 is 18.0 Å². The normalized spacial score (nSPS) is 11.7. The van der Waals surface area contributed by atoms with Gasteiger partial charge in [0, 0.05) is 0 Å². The molecule has 0 amide bonds. The summed E-state index contributed by atoms with van der Waals surface area (Å²) in [4.78, 5) is 3.91. The Bertz CT molecular complexity index is 668. The zero-order chi connectivity index (χ0) is 14.6. The van der Waals surface area contributed by atoms with Gasteiger partial charge < -0.3 is 9.63 Å². The lowest BCUT2D eigenvalue weighted by Crippen LogP contribution is -2.25. The average Bonchev–Trinajstić information content (AvgIpc) is 2.98. The minimum Gasteiger partial charge on any atom is -0.392 e. The smallest absolute Gasteiger partial charge is 0.241 e. The summed E-state index contributed by atoms with van der Waals surface area (Å²) in [7, 11) is -3.69. The Morgan fingerprint density at radius 3 is 2.80 bits per heavy atom. The van der Waals surface area contributed by atoms with Crippen molar-refractivity contribution in [3.63, 3.8) is 0 Å². The number of aliphatic hydroxyl groups excluding tert-OH is 1. The second kappa shape index (κ2) is 6.12. The number of benzene rings is 1. The lowest BCUT2D eigenvalue weighted by molar-refractivity contribution is 0.281. The third kappa shape index (κ3) is 3.21. The van der Waals surface area contributed by atoms with Crippen LogP contribution in [0.4, 0.5) is 0 Å². The van der Waals surface area contributed by atoms with Gasteiger partial charge in [-0.1, -0.05) is 24.2 Å². The number of nitrogens with zero attached hydrogens (tertiary/aromatic N) is 2. The first-order chi connectivity index (χ1) is 9.56. The van der Waals surface area contributed by atoms with Gasteiger partial charge in [0.15, 0.2) is 5.82 Å². The van der Waals surface area contributed by atoms with E-state index in [0.29, 0.717) is 17.5 Å². The Hall–Kier alpha value is -1.77. The summed E-state index contributed by atoms with van der Waals surface area (Å²) < 4.78 is 31.5. The fourth-order valence-corrected chi connectivity index (χ4v) is 3.09. The van der Waals surface area contributed by atoms with Gasteiger partial charge in [-0.25, -0.2) is 13.1 Å². The monoisotopic (exact) mass is 297 g/mol. The fraction of sp³-hybridized carbons (Fsp3) is 0.333. The van der Waals surface area contributed by atoms with Gasteiger partial charge in [0.1, 0.15) is 0 Å². The third-order valence-electron chi connectivity index (χ3n) is 2.81. The summed E-state index contributed by atoms with van der Waals surface area (Å²) in [5, 5.41) is 12.7. The first kappa shape index (κ1) is 14.6. The Morgan fingerprint density at radius 2 is 2.20 bits per heavy atom. The fourth-order valence-electron chi connectivity index (χ4n) is 1.75. The van der Waals surface area contributed by atoms with E-state index in [0.717, 1.165) is 6.39 Å². The lowest BCUT2D eigenvalue weighted by Gasteiger charge is -2.11. The maximum absolute atomic E-state index is 12.3. The number of sulfonamides is 1. The number of rotatable bonds is 6. The van der Waals surface area contributed by atoms with Crippen LogP contribution < -0.4 is 4.72 Å². The third-order valence-corrected chi connectivity index (χ3v) is 4.30. The molecule has 0 saturated heterocycles. The van der Waals surface area contributed by atoms with E-state index >= 15 is 0 Å². The molecule has 0 bridgehead atoms. The van der Waals surface area contributed by atoms with Crippen molar-refractivity contribution in [2.24, 2.45) is 0 Å². The Kier molecular flexibility index (Phi) is 4.48. The van der Waals surface area contributed by atoms with E-state index in [1.807, 2.05) is 6.92 Å². The van der Waals surface area contributed by atoms with E-state index in [1.54, 1.807) is 12.1 Å². The summed E-state index contributed by atoms with van der Waals surface area (Å²) in [5.74, 6) is 0.255. The van der Waals surface area contributed by atoms with Crippen molar-refractivity contribution in [1.82, 2.24) is 14.9 Å². The predicted octanol–water partition coefficient (Wildman–Crippen LogP) is 0.603. The van der Waals surface area contributed by atoms with Gasteiger partial charge in [0.2, 0.25) is 16.4 Å². The van der Waals surface area contributed by atoms with Gasteiger partial charge in [0.05, 0.1) is 18.0 Å². The van der Waals surface area contributed by atoms with Crippen molar-refractivity contribution in [3.05, 3.63) is 41.5 Å². The minimum atomic E-state index is -3.69. The van der Waals surface area contributed by atoms with Crippen LogP contribution in [0.25, 0.3) is 0 Å². The summed E-state index contributed by atoms with van der Waals surface area (Å²) in [6.07, 6.45) is 1.71. The highest BCUT2D eigenvalue weighted by Crippen LogP contribution is 2.18. The minimum absolute atomic E-state index is 0.0503. The van der Waals surface area contributed by atoms with Crippen molar-refractivity contribution in [2.75, 3.05) is 0 Å². The molecule has 1 heterocycles. The van der Waals surface area contributed by atoms with Gasteiger partial charge in [0.25, 0.3) is 0 Å². The first-order valence-electron chi connectivity index (χ1n) is 6.04. The van der Waals surface area contributed by atoms with E-state index in [2.05, 4.69) is 19.4 Å². The molecule has 20 heavy (non-hydrogen) atoms. The largest absolute Gasteiger partial charge is 0.392 e. The highest BCUT2D eigenvalue weighted by Gasteiger charge is 2.19. The van der Waals surface area contributed by atoms with E-state index in [9.17, 15) is 8.42 Å². The molecule has 2 N–H and O–H groups in total. The number of aromatic nitrogens is 2. The first-order valence-corrected chi connectivity index (χ1v) is 7.52. The van der Waals surface area contributed by atoms with Crippen LogP contribution in [0.3, 0.4) is 0 Å². The zero-order valence-electron chi connectivity index (χ0n) is 10.9. The highest BCUT2D eigenvalue weighted by molar-refractivity contribution is 7.89. The molecule has 0 saturated carbocycles. The maximum atomic E-state index is 12.3. The molecule has 108 valence electrons. The van der Waals surface area contributed by atoms with Crippen LogP contribution in [-0.2, 0) is 29.6 Å². The van der Waals surface area contributed by atoms with E-state index < -0.39 is 10.0 Å². The number of aliphatic hydroxyl groups is 1. The van der Waals surface area contributed by atoms with Gasteiger partial charge in [-0.15, -0.1) is 0 Å². The molecule has 0 aliphatic carbocycles. The van der Waals surface area contributed by atoms with Crippen LogP contribution in [0, 0.1) is 0 Å². The van der Waals surface area contributed by atoms with Crippen molar-refractivity contribution in [3.8, 4) is 0 Å². The van der Waals surface area contributed by atoms with Crippen LogP contribution in [0.1, 0.15) is 23.9 Å². The van der Waals surface area contributed by atoms with Crippen LogP contribution in [0.5, 0.6) is 0 Å². The van der Waals surface area contributed by atoms with Gasteiger partial charge in [-0.2, -0.15) is 4.98 Å². The summed E-state index contributed by atoms with van der Waals surface area (Å²) in [6.45, 7) is 1.61. The molecule has 0 unspecified atom stereocenters. The van der Waals surface area contributed by atoms with E-state index in [4.69, 9.17) is 5.11 Å². The molecule has 1 aromatic carbocycles. The molecule has 2 aromatic rings. The predicted molar refractivity (Wildman–Crippen MR) is 70.1 cm³/mol. The maximum Gasteiger partial charge on any atom is 0.241 e. The number of hydrogen-bond acceptors (Lipinski definition) is 6. The summed E-state index contributed by atoms with van der Waals surface area (Å²) in [5.41, 5.74) is 1.23. The van der Waals surface area contributed by atoms with E-state index in [-0.39, 0.29) is 23.9 Å². The van der Waals surface area contributed by atoms with Crippen LogP contribution in [0.15, 0.2) is 34.0 Å². The second-order valence-electron chi connectivity index (χ2n) is 4.13. The van der Waals surface area contributed by atoms with E-state index in [1.165, 1.54) is 6.07 Å². The Labute approximate surface area is 116 Å². The van der Waals surface area contributed by atoms with Crippen LogP contribution in [0.2, 0.25) is 0 Å². The molecular weight excluding hydrogens is 282 g/mol. The van der Waals surface area contributed by atoms with Gasteiger partial charge >= 0.3 is 0 Å². The molecular formula is C12H15N3O4S. The topological polar surface area (TPSA) is 105 Å². The molecule has 7 nitrogen and oxygen atoms in total. The molecule has 0 radical (unpaired) electrons. The quantitative estimate of drug-likeness (QED) is 0.809. The number of hydrogen-bond donors (Lipinski definition) is 2. The lowest BCUT2D eigenvalue weighted by atomic mass is 10.1. The van der Waals surface area contributed by atoms with Crippen molar-refractivity contribution in [2.45, 2.75) is 31.4 Å². The molecule has 0 aliphatic rings. The van der Waals surface area contributed by atoms with Crippen molar-refractivity contribution in [1.29, 1.82) is 0 Å². The number of nitrogens with one attached hydrogen (secondary N) is 1. The van der Waals surface area contributed by atoms with Crippen LogP contribution >= 0.6 is 0 Å². The summed E-state index contributed by atoms with van der Waals surface area (Å²) in [6, 6.07) is 4.88. The summed E-state index contributed by atoms with van der Waals surface area (Å²) >= 11 is 0. The highest BCUT2D eigenvalue weighted by atomic mass is 32.2. The standard InChI is InChI=1S/C12H15N3O4S/c1-2-10-4-3-9(7-16)5-11(10)20(17,18)14-6-12-13-8-19-15-12/h3-5,8,14,16H,2,6-7H2,1H3. The Balaban J connectivity index is 2.28. The van der Waals surface area contributed by atoms with Gasteiger partial charge in [-0.3, -0.25) is 0 Å². The van der Waals surface area contributed by atoms with Crippen LogP contribution in [-0.4, -0.2) is 23.7 Å². The molecule has 0 aliphatic heterocycles. The molecule has 0 atom stereocenters. The molecule has 8 heteroatoms. The van der Waals surface area contributed by atoms with Gasteiger partial charge in [-0.05, 0) is 23.6 Å². The Morgan fingerprint density at radius 1 is 1.40 bits per heavy atom. The SMILES string of the molecule is CCc1ccc(CO)cc1S(=O)(=O)NCc1ncon1.